The second-order valence-corrected chi connectivity index (χ2v) is 7.82. The fourth-order valence-corrected chi connectivity index (χ4v) is 4.57. The van der Waals surface area contributed by atoms with Crippen molar-refractivity contribution in [1.82, 2.24) is 9.62 Å². The molecule has 2 unspecified atom stereocenters. The van der Waals surface area contributed by atoms with Gasteiger partial charge in [-0.05, 0) is 30.5 Å². The molecule has 1 aromatic rings. The molecule has 2 heterocycles. The van der Waals surface area contributed by atoms with Crippen LogP contribution in [-0.2, 0) is 26.2 Å². The van der Waals surface area contributed by atoms with Crippen LogP contribution in [0.25, 0.3) is 0 Å². The number of hydrogen-bond donors (Lipinski definition) is 1. The molecule has 120 valence electrons. The van der Waals surface area contributed by atoms with Crippen LogP contribution in [0.1, 0.15) is 25.3 Å². The first-order chi connectivity index (χ1) is 10.4. The molecule has 0 radical (unpaired) electrons. The van der Waals surface area contributed by atoms with Gasteiger partial charge in [-0.3, -0.25) is 4.79 Å². The molecule has 1 N–H and O–H groups in total. The fraction of sp³-hybridized carbons (Fsp3) is 0.533. The zero-order chi connectivity index (χ0) is 15.7. The van der Waals surface area contributed by atoms with Gasteiger partial charge in [0.2, 0.25) is 10.0 Å². The van der Waals surface area contributed by atoms with Crippen LogP contribution in [0, 0.1) is 0 Å². The molecule has 22 heavy (non-hydrogen) atoms. The summed E-state index contributed by atoms with van der Waals surface area (Å²) in [7, 11) is -3.45. The van der Waals surface area contributed by atoms with Crippen molar-refractivity contribution >= 4 is 16.0 Å². The Morgan fingerprint density at radius 1 is 1.23 bits per heavy atom. The molecular weight excluding hydrogens is 304 g/mol. The maximum atomic E-state index is 12.7. The summed E-state index contributed by atoms with van der Waals surface area (Å²) in [6.45, 7) is 2.58. The summed E-state index contributed by atoms with van der Waals surface area (Å²) in [5.74, 6) is -0.354. The number of sulfonamides is 1. The molecule has 0 spiro atoms. The van der Waals surface area contributed by atoms with Crippen LogP contribution in [0.5, 0.6) is 0 Å². The van der Waals surface area contributed by atoms with Crippen LogP contribution < -0.4 is 5.32 Å². The van der Waals surface area contributed by atoms with Crippen molar-refractivity contribution in [1.29, 1.82) is 0 Å². The van der Waals surface area contributed by atoms with Crippen LogP contribution in [0.3, 0.4) is 0 Å². The summed E-state index contributed by atoms with van der Waals surface area (Å²) in [6.07, 6.45) is 2.08. The van der Waals surface area contributed by atoms with Crippen molar-refractivity contribution < 1.29 is 17.9 Å². The first kappa shape index (κ1) is 15.5. The van der Waals surface area contributed by atoms with Crippen LogP contribution in [0.15, 0.2) is 29.2 Å². The van der Waals surface area contributed by atoms with Gasteiger partial charge in [0, 0.05) is 32.1 Å². The van der Waals surface area contributed by atoms with Gasteiger partial charge in [0.15, 0.2) is 0 Å². The number of fused-ring (bicyclic) bond motifs is 2. The Labute approximate surface area is 130 Å². The third-order valence-electron chi connectivity index (χ3n) is 4.19. The van der Waals surface area contributed by atoms with Gasteiger partial charge in [0.25, 0.3) is 0 Å². The topological polar surface area (TPSA) is 75.7 Å². The quantitative estimate of drug-likeness (QED) is 0.832. The maximum Gasteiger partial charge on any atom is 0.302 e. The van der Waals surface area contributed by atoms with Crippen LogP contribution in [0.4, 0.5) is 0 Å². The molecule has 6 nitrogen and oxygen atoms in total. The second kappa shape index (κ2) is 5.98. The van der Waals surface area contributed by atoms with Gasteiger partial charge in [-0.25, -0.2) is 8.42 Å². The molecule has 2 bridgehead atoms. The molecule has 2 saturated heterocycles. The largest absolute Gasteiger partial charge is 0.461 e. The minimum absolute atomic E-state index is 0.160. The summed E-state index contributed by atoms with van der Waals surface area (Å²) in [6, 6.07) is 7.09. The van der Waals surface area contributed by atoms with E-state index in [9.17, 15) is 13.2 Å². The number of hydrogen-bond acceptors (Lipinski definition) is 5. The Morgan fingerprint density at radius 3 is 2.36 bits per heavy atom. The lowest BCUT2D eigenvalue weighted by atomic mass is 10.2. The highest BCUT2D eigenvalue weighted by Crippen LogP contribution is 2.25. The Balaban J connectivity index is 1.73. The second-order valence-electron chi connectivity index (χ2n) is 5.88. The van der Waals surface area contributed by atoms with E-state index in [2.05, 4.69) is 5.32 Å². The Hall–Kier alpha value is -1.44. The Morgan fingerprint density at radius 2 is 1.82 bits per heavy atom. The van der Waals surface area contributed by atoms with Crippen molar-refractivity contribution in [2.75, 3.05) is 13.1 Å². The smallest absolute Gasteiger partial charge is 0.302 e. The average molecular weight is 324 g/mol. The van der Waals surface area contributed by atoms with E-state index in [1.165, 1.54) is 6.92 Å². The molecule has 7 heteroatoms. The number of carbonyl (C=O) groups excluding carboxylic acids is 1. The van der Waals surface area contributed by atoms with E-state index in [1.807, 2.05) is 0 Å². The minimum atomic E-state index is -3.45. The predicted molar refractivity (Wildman–Crippen MR) is 80.6 cm³/mol. The van der Waals surface area contributed by atoms with E-state index < -0.39 is 10.0 Å². The highest BCUT2D eigenvalue weighted by molar-refractivity contribution is 7.89. The van der Waals surface area contributed by atoms with Gasteiger partial charge in [-0.15, -0.1) is 0 Å². The van der Waals surface area contributed by atoms with Gasteiger partial charge in [-0.2, -0.15) is 4.31 Å². The first-order valence-electron chi connectivity index (χ1n) is 7.43. The van der Waals surface area contributed by atoms with E-state index in [-0.39, 0.29) is 24.7 Å². The SMILES string of the molecule is CC(=O)OCc1ccc(S(=O)(=O)N2CC3CCC(C2)N3)cc1. The summed E-state index contributed by atoms with van der Waals surface area (Å²) >= 11 is 0. The molecule has 0 aromatic heterocycles. The summed E-state index contributed by atoms with van der Waals surface area (Å²) < 4.78 is 31.9. The fourth-order valence-electron chi connectivity index (χ4n) is 3.04. The van der Waals surface area contributed by atoms with Crippen molar-refractivity contribution in [3.05, 3.63) is 29.8 Å². The van der Waals surface area contributed by atoms with Crippen LogP contribution in [0.2, 0.25) is 0 Å². The van der Waals surface area contributed by atoms with E-state index in [0.29, 0.717) is 18.0 Å². The number of carbonyl (C=O) groups is 1. The van der Waals surface area contributed by atoms with Crippen LogP contribution in [-0.4, -0.2) is 43.9 Å². The molecule has 1 aromatic carbocycles. The third-order valence-corrected chi connectivity index (χ3v) is 6.03. The number of esters is 1. The molecule has 2 fully saturated rings. The Bertz CT molecular complexity index is 645. The summed E-state index contributed by atoms with van der Waals surface area (Å²) in [4.78, 5) is 11.1. The van der Waals surface area contributed by atoms with E-state index in [0.717, 1.165) is 18.4 Å². The lowest BCUT2D eigenvalue weighted by Crippen LogP contribution is -2.52. The predicted octanol–water partition coefficient (Wildman–Crippen LogP) is 0.875. The first-order valence-corrected chi connectivity index (χ1v) is 8.87. The van der Waals surface area contributed by atoms with Crippen molar-refractivity contribution in [2.24, 2.45) is 0 Å². The molecule has 3 rings (SSSR count). The highest BCUT2D eigenvalue weighted by atomic mass is 32.2. The highest BCUT2D eigenvalue weighted by Gasteiger charge is 2.37. The van der Waals surface area contributed by atoms with Gasteiger partial charge < -0.3 is 10.1 Å². The molecule has 0 amide bonds. The standard InChI is InChI=1S/C15H20N2O4S/c1-11(18)21-10-12-2-6-15(7-3-12)22(19,20)17-8-13-4-5-14(9-17)16-13/h2-3,6-7,13-14,16H,4-5,8-10H2,1H3. The number of nitrogens with one attached hydrogen (secondary N) is 1. The lowest BCUT2D eigenvalue weighted by molar-refractivity contribution is -0.142. The Kier molecular flexibility index (Phi) is 4.20. The van der Waals surface area contributed by atoms with E-state index in [1.54, 1.807) is 28.6 Å². The normalized spacial score (nSPS) is 25.1. The van der Waals surface area contributed by atoms with Gasteiger partial charge in [0.05, 0.1) is 4.90 Å². The molecule has 2 atom stereocenters. The zero-order valence-corrected chi connectivity index (χ0v) is 13.3. The van der Waals surface area contributed by atoms with Gasteiger partial charge in [-0.1, -0.05) is 12.1 Å². The van der Waals surface area contributed by atoms with E-state index >= 15 is 0 Å². The molecule has 2 aliphatic rings. The van der Waals surface area contributed by atoms with Gasteiger partial charge in [0.1, 0.15) is 6.61 Å². The molecule has 2 aliphatic heterocycles. The average Bonchev–Trinajstić information content (AvgIpc) is 2.83. The summed E-state index contributed by atoms with van der Waals surface area (Å²) in [5.41, 5.74) is 0.773. The maximum absolute atomic E-state index is 12.7. The van der Waals surface area contributed by atoms with Crippen molar-refractivity contribution in [3.63, 3.8) is 0 Å². The molecular formula is C15H20N2O4S. The number of nitrogens with zero attached hydrogens (tertiary/aromatic N) is 1. The third kappa shape index (κ3) is 3.16. The number of benzene rings is 1. The number of ether oxygens (including phenoxy) is 1. The molecule has 0 saturated carbocycles. The van der Waals surface area contributed by atoms with Gasteiger partial charge >= 0.3 is 5.97 Å². The van der Waals surface area contributed by atoms with E-state index in [4.69, 9.17) is 4.74 Å². The lowest BCUT2D eigenvalue weighted by Gasteiger charge is -2.32. The minimum Gasteiger partial charge on any atom is -0.461 e. The summed E-state index contributed by atoms with van der Waals surface area (Å²) in [5, 5.41) is 3.43. The monoisotopic (exact) mass is 324 g/mol. The molecule has 0 aliphatic carbocycles. The van der Waals surface area contributed by atoms with Crippen LogP contribution >= 0.6 is 0 Å². The van der Waals surface area contributed by atoms with Crippen molar-refractivity contribution in [2.45, 2.75) is 43.4 Å². The van der Waals surface area contributed by atoms with Crippen molar-refractivity contribution in [3.8, 4) is 0 Å². The number of rotatable bonds is 4. The number of piperazine rings is 1. The zero-order valence-electron chi connectivity index (χ0n) is 12.5.